The molecule has 0 spiro atoms. The van der Waals surface area contributed by atoms with Crippen LogP contribution in [0.2, 0.25) is 0 Å². The zero-order chi connectivity index (χ0) is 66.8. The second kappa shape index (κ2) is 34.8. The Hall–Kier alpha value is -6.42. The SMILES string of the molecule is C/C=C/C[C@@H](C)C(=O)C1C(=O)N[C@@H](C(C)C)C(=O)N(C)CC(=O)N(C)[C@@H](CC(C)C)C(=O)N[C@@H](C(C)C)C(=O)N(C)[C@@H](CC(C)C)C(=O)N[C@@H](C)C(=O)N[C@H](C)C(=O)N(C)[C@@H](CC(C)C)C(=O)N(C)[C@@H](CC(C)C)C(=O)N(C)[C@@H](C(C)C)C(=O)N1C. The van der Waals surface area contributed by atoms with E-state index >= 15 is 9.59 Å². The summed E-state index contributed by atoms with van der Waals surface area (Å²) >= 11 is 0. The summed E-state index contributed by atoms with van der Waals surface area (Å²) in [5.74, 6) is -11.6. The summed E-state index contributed by atoms with van der Waals surface area (Å²) in [4.78, 5) is 183. The molecule has 1 heterocycles. The zero-order valence-corrected chi connectivity index (χ0v) is 56.8. The molecule has 1 aliphatic heterocycles. The Morgan fingerprint density at radius 3 is 1.26 bits per heavy atom. The standard InChI is InChI=1S/C63H111N11O12/c1-26-27-28-41(16)53(76)52-57(80)67-49(38(10)11)61(84)68(19)33-48(75)69(20)44(29-34(2)3)56(79)66-50(39(12)13)62(85)70(21)45(30-35(4)5)55(78)64-42(17)54(77)65-43(18)58(81)71(22)46(31-36(6)7)59(82)72(23)47(32-37(8)9)60(83)73(24)51(40(14)15)63(86)74(52)25/h26-27,34-47,49-52H,28-33H2,1-25H3,(H,64,78)(H,65,77)(H,66,79)(H,67,80)/b27-26+/t41-,42+,43-,44+,45+,46+,47+,49+,50+,51+,52?/m1/s1. The molecule has 23 heteroatoms. The van der Waals surface area contributed by atoms with Gasteiger partial charge < -0.3 is 55.6 Å². The highest BCUT2D eigenvalue weighted by Crippen LogP contribution is 2.25. The van der Waals surface area contributed by atoms with Crippen molar-refractivity contribution in [2.45, 2.75) is 217 Å². The van der Waals surface area contributed by atoms with Crippen LogP contribution in [0.4, 0.5) is 0 Å². The lowest BCUT2D eigenvalue weighted by Crippen LogP contribution is -2.63. The minimum Gasteiger partial charge on any atom is -0.343 e. The number of likely N-dealkylation sites (N-methyl/N-ethyl adjacent to an activating group) is 7. The highest BCUT2D eigenvalue weighted by Gasteiger charge is 2.46. The van der Waals surface area contributed by atoms with Crippen LogP contribution in [0.1, 0.15) is 157 Å². The van der Waals surface area contributed by atoms with Gasteiger partial charge in [-0.25, -0.2) is 0 Å². The molecule has 490 valence electrons. The van der Waals surface area contributed by atoms with E-state index in [1.54, 1.807) is 67.5 Å². The molecule has 0 aromatic rings. The molecule has 1 unspecified atom stereocenters. The molecule has 0 bridgehead atoms. The van der Waals surface area contributed by atoms with Gasteiger partial charge in [0.25, 0.3) is 5.91 Å². The maximum atomic E-state index is 15.2. The number of nitrogens with one attached hydrogen (secondary N) is 4. The topological polar surface area (TPSA) is 276 Å². The molecule has 1 rings (SSSR count). The number of amides is 11. The molecule has 0 radical (unpaired) electrons. The van der Waals surface area contributed by atoms with E-state index in [-0.39, 0.29) is 55.8 Å². The van der Waals surface area contributed by atoms with Crippen molar-refractivity contribution < 1.29 is 57.5 Å². The average molecular weight is 1210 g/mol. The number of allylic oxidation sites excluding steroid dienone is 2. The number of ketones is 1. The molecule has 0 saturated carbocycles. The number of hydrogen-bond donors (Lipinski definition) is 4. The van der Waals surface area contributed by atoms with Crippen molar-refractivity contribution in [3.05, 3.63) is 12.2 Å². The summed E-state index contributed by atoms with van der Waals surface area (Å²) in [6, 6.07) is -12.7. The normalized spacial score (nSPS) is 26.4. The second-order valence-corrected chi connectivity index (χ2v) is 26.6. The molecule has 23 nitrogen and oxygen atoms in total. The smallest absolute Gasteiger partial charge is 0.251 e. The number of carbonyl (C=O) groups is 12. The molecule has 1 saturated heterocycles. The van der Waals surface area contributed by atoms with Gasteiger partial charge in [-0.3, -0.25) is 57.5 Å². The third-order valence-corrected chi connectivity index (χ3v) is 16.1. The quantitative estimate of drug-likeness (QED) is 0.135. The first-order chi connectivity index (χ1) is 39.6. The van der Waals surface area contributed by atoms with Crippen LogP contribution in [-0.4, -0.2) is 221 Å². The highest BCUT2D eigenvalue weighted by atomic mass is 16.2. The van der Waals surface area contributed by atoms with Gasteiger partial charge >= 0.3 is 0 Å². The van der Waals surface area contributed by atoms with Crippen LogP contribution >= 0.6 is 0 Å². The van der Waals surface area contributed by atoms with E-state index in [4.69, 9.17) is 0 Å². The molecule has 11 atom stereocenters. The number of Topliss-reactive ketones (excluding diaryl/α,β-unsaturated/α-hetero) is 1. The van der Waals surface area contributed by atoms with Crippen molar-refractivity contribution in [1.29, 1.82) is 0 Å². The summed E-state index contributed by atoms with van der Waals surface area (Å²) in [6.45, 7) is 30.8. The van der Waals surface area contributed by atoms with Crippen LogP contribution in [0.5, 0.6) is 0 Å². The van der Waals surface area contributed by atoms with Gasteiger partial charge in [-0.15, -0.1) is 0 Å². The maximum Gasteiger partial charge on any atom is 0.251 e. The van der Waals surface area contributed by atoms with Gasteiger partial charge in [-0.1, -0.05) is 116 Å². The number of carbonyl (C=O) groups excluding carboxylic acids is 12. The van der Waals surface area contributed by atoms with Crippen molar-refractivity contribution in [3.8, 4) is 0 Å². The van der Waals surface area contributed by atoms with E-state index in [2.05, 4.69) is 21.3 Å². The monoisotopic (exact) mass is 1210 g/mol. The van der Waals surface area contributed by atoms with E-state index in [1.165, 1.54) is 87.7 Å². The third-order valence-electron chi connectivity index (χ3n) is 16.1. The number of hydrogen-bond acceptors (Lipinski definition) is 12. The van der Waals surface area contributed by atoms with E-state index < -0.39 is 161 Å². The minimum atomic E-state index is -1.82. The molecule has 86 heavy (non-hydrogen) atoms. The first-order valence-corrected chi connectivity index (χ1v) is 30.8. The predicted molar refractivity (Wildman–Crippen MR) is 332 cm³/mol. The van der Waals surface area contributed by atoms with Gasteiger partial charge in [-0.05, 0) is 94.3 Å². The predicted octanol–water partition coefficient (Wildman–Crippen LogP) is 3.72. The second-order valence-electron chi connectivity index (χ2n) is 26.6. The summed E-state index contributed by atoms with van der Waals surface area (Å²) in [7, 11) is 9.80. The van der Waals surface area contributed by atoms with Gasteiger partial charge in [0.1, 0.15) is 54.4 Å². The van der Waals surface area contributed by atoms with Crippen LogP contribution in [0, 0.1) is 47.3 Å². The van der Waals surface area contributed by atoms with Gasteiger partial charge in [0.2, 0.25) is 59.1 Å². The van der Waals surface area contributed by atoms with Crippen molar-refractivity contribution in [2.75, 3.05) is 55.9 Å². The van der Waals surface area contributed by atoms with Crippen LogP contribution in [0.3, 0.4) is 0 Å². The van der Waals surface area contributed by atoms with Crippen molar-refractivity contribution in [3.63, 3.8) is 0 Å². The Morgan fingerprint density at radius 1 is 0.430 bits per heavy atom. The molecule has 0 aromatic carbocycles. The lowest BCUT2D eigenvalue weighted by atomic mass is 9.92. The van der Waals surface area contributed by atoms with E-state index in [1.807, 2.05) is 55.4 Å². The molecular weight excluding hydrogens is 1100 g/mol. The Labute approximate surface area is 514 Å². The number of nitrogens with zero attached hydrogens (tertiary/aromatic N) is 7. The van der Waals surface area contributed by atoms with Crippen molar-refractivity contribution in [2.24, 2.45) is 47.3 Å². The zero-order valence-electron chi connectivity index (χ0n) is 56.8. The van der Waals surface area contributed by atoms with Crippen molar-refractivity contribution >= 4 is 70.8 Å². The fourth-order valence-corrected chi connectivity index (χ4v) is 10.7. The maximum absolute atomic E-state index is 15.2. The molecule has 4 N–H and O–H groups in total. The molecular formula is C63H111N11O12. The minimum absolute atomic E-state index is 0.128. The molecule has 0 aliphatic carbocycles. The Balaban J connectivity index is 4.37. The lowest BCUT2D eigenvalue weighted by Gasteiger charge is -2.41. The first kappa shape index (κ1) is 77.6. The fourth-order valence-electron chi connectivity index (χ4n) is 10.7. The fraction of sp³-hybridized carbons (Fsp3) is 0.778. The van der Waals surface area contributed by atoms with Crippen LogP contribution in [0.15, 0.2) is 12.2 Å². The first-order valence-electron chi connectivity index (χ1n) is 30.8. The van der Waals surface area contributed by atoms with E-state index in [0.717, 1.165) is 9.80 Å². The van der Waals surface area contributed by atoms with Gasteiger partial charge in [0, 0.05) is 55.3 Å². The molecule has 0 aromatic heterocycles. The van der Waals surface area contributed by atoms with Crippen LogP contribution in [-0.2, 0) is 57.5 Å². The Morgan fingerprint density at radius 2 is 0.814 bits per heavy atom. The van der Waals surface area contributed by atoms with E-state index in [0.29, 0.717) is 0 Å². The largest absolute Gasteiger partial charge is 0.343 e. The molecule has 1 fully saturated rings. The molecule has 11 amide bonds. The molecule has 1 aliphatic rings. The van der Waals surface area contributed by atoms with Gasteiger partial charge in [-0.2, -0.15) is 0 Å². The summed E-state index contributed by atoms with van der Waals surface area (Å²) in [6.07, 6.45) is 4.28. The van der Waals surface area contributed by atoms with Gasteiger partial charge in [0.15, 0.2) is 11.8 Å². The van der Waals surface area contributed by atoms with Gasteiger partial charge in [0.05, 0.1) is 6.54 Å². The Kier molecular flexibility index (Phi) is 31.4. The third kappa shape index (κ3) is 21.5. The summed E-state index contributed by atoms with van der Waals surface area (Å²) in [5, 5.41) is 11.0. The van der Waals surface area contributed by atoms with Crippen LogP contribution in [0.25, 0.3) is 0 Å². The average Bonchev–Trinajstić information content (AvgIpc) is 2.16. The lowest BCUT2D eigenvalue weighted by molar-refractivity contribution is -0.157. The Bertz CT molecular complexity index is 2410. The highest BCUT2D eigenvalue weighted by molar-refractivity contribution is 6.10. The summed E-state index contributed by atoms with van der Waals surface area (Å²) < 4.78 is 0. The van der Waals surface area contributed by atoms with Crippen molar-refractivity contribution in [1.82, 2.24) is 55.6 Å². The van der Waals surface area contributed by atoms with E-state index in [9.17, 15) is 47.9 Å². The van der Waals surface area contributed by atoms with Crippen LogP contribution < -0.4 is 21.3 Å². The summed E-state index contributed by atoms with van der Waals surface area (Å²) in [5.41, 5.74) is 0. The number of rotatable bonds is 15.